The summed E-state index contributed by atoms with van der Waals surface area (Å²) in [4.78, 5) is 0. The summed E-state index contributed by atoms with van der Waals surface area (Å²) in [5, 5.41) is 0. The molecule has 0 saturated heterocycles. The van der Waals surface area contributed by atoms with Gasteiger partial charge in [0, 0.05) is 38.5 Å². The zero-order valence-corrected chi connectivity index (χ0v) is 9.49. The summed E-state index contributed by atoms with van der Waals surface area (Å²) < 4.78 is 8.00. The Kier molecular flexibility index (Phi) is 136. The SMILES string of the molecule is [Co].[H-].[H-].[O]=[Fe].[Sr+2].[Ti]. The molecule has 31 valence electrons. The molecule has 0 heterocycles. The summed E-state index contributed by atoms with van der Waals surface area (Å²) in [7, 11) is 0. The second-order valence-corrected chi connectivity index (χ2v) is 0. The molecule has 1 radical (unpaired) electrons. The maximum atomic E-state index is 8.00. The summed E-state index contributed by atoms with van der Waals surface area (Å²) in [6.45, 7) is 0. The summed E-state index contributed by atoms with van der Waals surface area (Å²) >= 11 is 2.00. The molecule has 0 aliphatic rings. The minimum Gasteiger partial charge on any atom is 0 e. The van der Waals surface area contributed by atoms with Gasteiger partial charge in [0.05, 0.1) is 0 Å². The van der Waals surface area contributed by atoms with Gasteiger partial charge >= 0.3 is 65.3 Å². The van der Waals surface area contributed by atoms with E-state index in [2.05, 4.69) is 0 Å². The Balaban J connectivity index is -0.000000000500. The molecular formula is H2CoFeOSrTi. The first-order valence-corrected chi connectivity index (χ1v) is 0.595. The molecule has 0 N–H and O–H groups in total. The molecule has 0 aliphatic carbocycles. The maximum Gasteiger partial charge on any atom is 2.00 e. The van der Waals surface area contributed by atoms with Gasteiger partial charge in [0.1, 0.15) is 0 Å². The van der Waals surface area contributed by atoms with Gasteiger partial charge in [0.2, 0.25) is 0 Å². The molecule has 0 spiro atoms. The average Bonchev–Trinajstić information content (AvgIpc) is 1.00. The quantitative estimate of drug-likeness (QED) is 0.552. The van der Waals surface area contributed by atoms with Crippen molar-refractivity contribution in [2.75, 3.05) is 0 Å². The maximum absolute atomic E-state index is 8.00. The van der Waals surface area contributed by atoms with E-state index in [0.29, 0.717) is 0 Å². The van der Waals surface area contributed by atoms with Crippen LogP contribution in [-0.4, -0.2) is 45.5 Å². The predicted molar refractivity (Wildman–Crippen MR) is 8.66 cm³/mol. The number of rotatable bonds is 0. The fraction of sp³-hybridized carbons (Fsp3) is 0. The minimum atomic E-state index is 0. The van der Waals surface area contributed by atoms with Gasteiger partial charge in [-0.15, -0.1) is 0 Å². The van der Waals surface area contributed by atoms with Crippen LogP contribution in [0.5, 0.6) is 0 Å². The third-order valence-corrected chi connectivity index (χ3v) is 0. The van der Waals surface area contributed by atoms with Crippen LogP contribution in [0.4, 0.5) is 0 Å². The van der Waals surface area contributed by atoms with Crippen LogP contribution in [-0.2, 0) is 58.3 Å². The fourth-order valence-electron chi connectivity index (χ4n) is 0. The van der Waals surface area contributed by atoms with E-state index < -0.39 is 0 Å². The van der Waals surface area contributed by atoms with Crippen LogP contribution in [0.3, 0.4) is 0 Å². The van der Waals surface area contributed by atoms with Crippen molar-refractivity contribution in [3.05, 3.63) is 0 Å². The Morgan fingerprint density at radius 2 is 1.40 bits per heavy atom. The topological polar surface area (TPSA) is 17.1 Å². The molecule has 0 bridgehead atoms. The first kappa shape index (κ1) is 24.5. The standard InChI is InChI=1S/Co.Fe.O.Sr.Ti.2H/q;;;+2;;2*-1. The minimum absolute atomic E-state index is 0. The van der Waals surface area contributed by atoms with Gasteiger partial charge < -0.3 is 2.85 Å². The third-order valence-electron chi connectivity index (χ3n) is 0. The van der Waals surface area contributed by atoms with Crippen molar-refractivity contribution in [1.29, 1.82) is 0 Å². The van der Waals surface area contributed by atoms with E-state index in [0.717, 1.165) is 0 Å². The second-order valence-electron chi connectivity index (χ2n) is 0. The van der Waals surface area contributed by atoms with E-state index in [1.165, 1.54) is 0 Å². The Bertz CT molecular complexity index is 17.7. The van der Waals surface area contributed by atoms with Gasteiger partial charge in [0.15, 0.2) is 0 Å². The molecule has 0 rings (SSSR count). The van der Waals surface area contributed by atoms with Crippen LogP contribution in [0.2, 0.25) is 0 Å². The van der Waals surface area contributed by atoms with E-state index >= 15 is 0 Å². The zero-order chi connectivity index (χ0) is 2.00. The third kappa shape index (κ3) is 19.4. The van der Waals surface area contributed by atoms with Crippen LogP contribution < -0.4 is 0 Å². The first-order chi connectivity index (χ1) is 1.00. The average molecular weight is 268 g/mol. The smallest absolute Gasteiger partial charge is 0 e. The molecule has 0 aromatic heterocycles. The molecule has 5 heavy (non-hydrogen) atoms. The van der Waals surface area contributed by atoms with Crippen molar-refractivity contribution >= 4 is 45.5 Å². The van der Waals surface area contributed by atoms with Gasteiger partial charge in [-0.05, 0) is 0 Å². The van der Waals surface area contributed by atoms with Crippen LogP contribution >= 0.6 is 0 Å². The van der Waals surface area contributed by atoms with Crippen LogP contribution in [0.1, 0.15) is 2.85 Å². The molecule has 0 atom stereocenters. The first-order valence-electron chi connectivity index (χ1n) is 0.144. The van der Waals surface area contributed by atoms with Crippen molar-refractivity contribution < 1.29 is 61.1 Å². The normalized spacial score (nSPS) is 1.00. The molecule has 0 saturated carbocycles. The van der Waals surface area contributed by atoms with Crippen molar-refractivity contribution in [1.82, 2.24) is 0 Å². The zero-order valence-electron chi connectivity index (χ0n) is 4.30. The number of hydrogen-bond donors (Lipinski definition) is 0. The van der Waals surface area contributed by atoms with Crippen molar-refractivity contribution in [3.63, 3.8) is 0 Å². The second kappa shape index (κ2) is 27.9. The predicted octanol–water partition coefficient (Wildman–Crippen LogP) is -0.282. The molecule has 0 aliphatic heterocycles. The van der Waals surface area contributed by atoms with Crippen LogP contribution in [0, 0.1) is 0 Å². The summed E-state index contributed by atoms with van der Waals surface area (Å²) in [5.41, 5.74) is 0. The molecule has 0 aromatic carbocycles. The van der Waals surface area contributed by atoms with Crippen LogP contribution in [0.15, 0.2) is 0 Å². The molecule has 0 unspecified atom stereocenters. The molecule has 0 aromatic rings. The Hall–Kier alpha value is 3.02. The van der Waals surface area contributed by atoms with E-state index in [1.807, 2.05) is 15.9 Å². The van der Waals surface area contributed by atoms with E-state index in [4.69, 9.17) is 3.83 Å². The van der Waals surface area contributed by atoms with Gasteiger partial charge in [-0.3, -0.25) is 0 Å². The van der Waals surface area contributed by atoms with Crippen LogP contribution in [0.25, 0.3) is 0 Å². The Morgan fingerprint density at radius 1 is 1.40 bits per heavy atom. The number of hydrogen-bond acceptors (Lipinski definition) is 1. The fourth-order valence-corrected chi connectivity index (χ4v) is 0. The monoisotopic (exact) mass is 269 g/mol. The summed E-state index contributed by atoms with van der Waals surface area (Å²) in [6, 6.07) is 0. The molecule has 1 nitrogen and oxygen atoms in total. The van der Waals surface area contributed by atoms with E-state index in [9.17, 15) is 0 Å². The van der Waals surface area contributed by atoms with Crippen molar-refractivity contribution in [2.24, 2.45) is 0 Å². The van der Waals surface area contributed by atoms with E-state index in [1.54, 1.807) is 0 Å². The molecule has 0 amide bonds. The van der Waals surface area contributed by atoms with Crippen molar-refractivity contribution in [2.45, 2.75) is 0 Å². The Morgan fingerprint density at radius 3 is 1.40 bits per heavy atom. The largest absolute Gasteiger partial charge is 2.00 e. The van der Waals surface area contributed by atoms with E-state index in [-0.39, 0.29) is 86.8 Å². The summed E-state index contributed by atoms with van der Waals surface area (Å²) in [5.74, 6) is 0. The van der Waals surface area contributed by atoms with Gasteiger partial charge in [0.25, 0.3) is 0 Å². The Labute approximate surface area is 104 Å². The van der Waals surface area contributed by atoms with Crippen molar-refractivity contribution in [3.8, 4) is 0 Å². The molecule has 5 heteroatoms. The van der Waals surface area contributed by atoms with Gasteiger partial charge in [-0.1, -0.05) is 0 Å². The molecule has 0 fully saturated rings. The van der Waals surface area contributed by atoms with Gasteiger partial charge in [-0.25, -0.2) is 0 Å². The van der Waals surface area contributed by atoms with Gasteiger partial charge in [-0.2, -0.15) is 0 Å². The summed E-state index contributed by atoms with van der Waals surface area (Å²) in [6.07, 6.45) is 0. The molecular weight excluding hydrogens is 266 g/mol.